The largest absolute Gasteiger partial charge is 0.431 e. The maximum atomic E-state index is 10.5. The zero-order valence-corrected chi connectivity index (χ0v) is 10.3. The second kappa shape index (κ2) is 4.68. The highest BCUT2D eigenvalue weighted by Gasteiger charge is 2.13. The third-order valence-electron chi connectivity index (χ3n) is 1.99. The third-order valence-corrected chi connectivity index (χ3v) is 3.24. The predicted octanol–water partition coefficient (Wildman–Crippen LogP) is 3.81. The topological polar surface area (TPSA) is 65.3 Å². The van der Waals surface area contributed by atoms with Gasteiger partial charge >= 0.3 is 5.00 Å². The van der Waals surface area contributed by atoms with E-state index < -0.39 is 4.92 Å². The summed E-state index contributed by atoms with van der Waals surface area (Å²) in [5.41, 5.74) is 0.871. The molecule has 1 heterocycles. The van der Waals surface area contributed by atoms with Crippen molar-refractivity contribution in [3.63, 3.8) is 0 Å². The van der Waals surface area contributed by atoms with Gasteiger partial charge < -0.3 is 4.74 Å². The summed E-state index contributed by atoms with van der Waals surface area (Å²) in [7, 11) is 0. The molecule has 7 heteroatoms. The Bertz CT molecular complexity index is 570. The van der Waals surface area contributed by atoms with Crippen molar-refractivity contribution in [2.45, 2.75) is 6.92 Å². The van der Waals surface area contributed by atoms with Crippen LogP contribution in [0.1, 0.15) is 5.56 Å². The number of nitro groups is 1. The van der Waals surface area contributed by atoms with Gasteiger partial charge in [-0.2, -0.15) is 0 Å². The van der Waals surface area contributed by atoms with Crippen LogP contribution in [0.15, 0.2) is 24.4 Å². The Morgan fingerprint density at radius 2 is 2.29 bits per heavy atom. The maximum Gasteiger partial charge on any atom is 0.347 e. The van der Waals surface area contributed by atoms with Gasteiger partial charge in [-0.1, -0.05) is 11.6 Å². The summed E-state index contributed by atoms with van der Waals surface area (Å²) in [5.74, 6) is 0.552. The van der Waals surface area contributed by atoms with Gasteiger partial charge in [0.1, 0.15) is 11.9 Å². The van der Waals surface area contributed by atoms with E-state index in [1.54, 1.807) is 18.2 Å². The highest BCUT2D eigenvalue weighted by atomic mass is 35.5. The molecule has 0 amide bonds. The van der Waals surface area contributed by atoms with E-state index in [-0.39, 0.29) is 10.2 Å². The molecule has 0 spiro atoms. The molecule has 0 fully saturated rings. The molecule has 0 aliphatic rings. The Morgan fingerprint density at radius 3 is 2.88 bits per heavy atom. The molecular formula is C10H7ClN2O3S. The number of nitrogens with zero attached hydrogens (tertiary/aromatic N) is 2. The summed E-state index contributed by atoms with van der Waals surface area (Å²) < 4.78 is 5.39. The summed E-state index contributed by atoms with van der Waals surface area (Å²) in [6.45, 7) is 1.85. The zero-order valence-electron chi connectivity index (χ0n) is 8.71. The van der Waals surface area contributed by atoms with E-state index in [0.717, 1.165) is 16.9 Å². The van der Waals surface area contributed by atoms with Gasteiger partial charge in [-0.05, 0) is 42.0 Å². The van der Waals surface area contributed by atoms with Crippen LogP contribution in [0, 0.1) is 17.0 Å². The third kappa shape index (κ3) is 2.72. The quantitative estimate of drug-likeness (QED) is 0.628. The molecule has 0 unspecified atom stereocenters. The zero-order chi connectivity index (χ0) is 12.4. The van der Waals surface area contributed by atoms with Crippen molar-refractivity contribution in [2.24, 2.45) is 0 Å². The Labute approximate surface area is 106 Å². The minimum absolute atomic E-state index is 0.0503. The fourth-order valence-corrected chi connectivity index (χ4v) is 1.88. The molecule has 0 saturated heterocycles. The summed E-state index contributed by atoms with van der Waals surface area (Å²) in [5, 5.41) is 11.3. The first-order chi connectivity index (χ1) is 8.06. The summed E-state index contributed by atoms with van der Waals surface area (Å²) in [4.78, 5) is 13.8. The van der Waals surface area contributed by atoms with Gasteiger partial charge in [0.15, 0.2) is 0 Å². The summed E-state index contributed by atoms with van der Waals surface area (Å²) in [6, 6.07) is 5.13. The van der Waals surface area contributed by atoms with Crippen LogP contribution < -0.4 is 4.74 Å². The van der Waals surface area contributed by atoms with E-state index in [4.69, 9.17) is 16.3 Å². The second-order valence-corrected chi connectivity index (χ2v) is 4.61. The maximum absolute atomic E-state index is 10.5. The van der Waals surface area contributed by atoms with Crippen LogP contribution in [0.25, 0.3) is 0 Å². The standard InChI is InChI=1S/C10H7ClN2O3S/c1-6-4-7(2-3-8(6)11)16-10-12-5-9(17-10)13(14)15/h2-5H,1H3. The molecule has 17 heavy (non-hydrogen) atoms. The molecule has 5 nitrogen and oxygen atoms in total. The Balaban J connectivity index is 2.19. The predicted molar refractivity (Wildman–Crippen MR) is 65.0 cm³/mol. The monoisotopic (exact) mass is 270 g/mol. The molecule has 2 aromatic rings. The Kier molecular flexibility index (Phi) is 3.26. The average molecular weight is 271 g/mol. The van der Waals surface area contributed by atoms with Crippen LogP contribution in [0.3, 0.4) is 0 Å². The minimum atomic E-state index is -0.502. The first kappa shape index (κ1) is 11.8. The Morgan fingerprint density at radius 1 is 1.53 bits per heavy atom. The van der Waals surface area contributed by atoms with E-state index in [2.05, 4.69) is 4.98 Å². The number of halogens is 1. The molecule has 1 aromatic carbocycles. The van der Waals surface area contributed by atoms with Crippen molar-refractivity contribution < 1.29 is 9.66 Å². The molecule has 0 N–H and O–H groups in total. The van der Waals surface area contributed by atoms with Gasteiger partial charge in [0.2, 0.25) is 0 Å². The van der Waals surface area contributed by atoms with Gasteiger partial charge in [-0.25, -0.2) is 4.98 Å². The molecule has 0 saturated carbocycles. The van der Waals surface area contributed by atoms with Crippen LogP contribution in [-0.2, 0) is 0 Å². The van der Waals surface area contributed by atoms with E-state index >= 15 is 0 Å². The average Bonchev–Trinajstić information content (AvgIpc) is 2.72. The SMILES string of the molecule is Cc1cc(Oc2ncc([N+](=O)[O-])s2)ccc1Cl. The van der Waals surface area contributed by atoms with E-state index in [9.17, 15) is 10.1 Å². The van der Waals surface area contributed by atoms with Crippen molar-refractivity contribution in [3.05, 3.63) is 45.1 Å². The molecule has 0 aliphatic heterocycles. The van der Waals surface area contributed by atoms with Crippen LogP contribution >= 0.6 is 22.9 Å². The van der Waals surface area contributed by atoms with Crippen molar-refractivity contribution in [2.75, 3.05) is 0 Å². The number of thiazole rings is 1. The molecule has 0 atom stereocenters. The number of hydrogen-bond donors (Lipinski definition) is 0. The van der Waals surface area contributed by atoms with Crippen molar-refractivity contribution in [1.82, 2.24) is 4.98 Å². The van der Waals surface area contributed by atoms with Crippen LogP contribution in [0.2, 0.25) is 5.02 Å². The Hall–Kier alpha value is -1.66. The van der Waals surface area contributed by atoms with Gasteiger partial charge in [0.25, 0.3) is 5.19 Å². The molecule has 0 radical (unpaired) electrons. The summed E-state index contributed by atoms with van der Waals surface area (Å²) in [6.07, 6.45) is 1.17. The van der Waals surface area contributed by atoms with Gasteiger partial charge in [0.05, 0.1) is 4.92 Å². The molecule has 88 valence electrons. The molecule has 0 aliphatic carbocycles. The summed E-state index contributed by atoms with van der Waals surface area (Å²) >= 11 is 6.75. The van der Waals surface area contributed by atoms with E-state index in [0.29, 0.717) is 10.8 Å². The van der Waals surface area contributed by atoms with Crippen LogP contribution in [0.5, 0.6) is 10.9 Å². The highest BCUT2D eigenvalue weighted by molar-refractivity contribution is 7.16. The normalized spacial score (nSPS) is 10.2. The fraction of sp³-hybridized carbons (Fsp3) is 0.100. The number of aromatic nitrogens is 1. The van der Waals surface area contributed by atoms with E-state index in [1.165, 1.54) is 6.20 Å². The highest BCUT2D eigenvalue weighted by Crippen LogP contribution is 2.32. The van der Waals surface area contributed by atoms with Crippen LogP contribution in [0.4, 0.5) is 5.00 Å². The number of rotatable bonds is 3. The smallest absolute Gasteiger partial charge is 0.347 e. The lowest BCUT2D eigenvalue weighted by Crippen LogP contribution is -1.84. The number of aryl methyl sites for hydroxylation is 1. The van der Waals surface area contributed by atoms with Crippen molar-refractivity contribution in [1.29, 1.82) is 0 Å². The number of benzene rings is 1. The lowest BCUT2D eigenvalue weighted by Gasteiger charge is -2.03. The first-order valence-electron chi connectivity index (χ1n) is 4.60. The molecular weight excluding hydrogens is 264 g/mol. The number of ether oxygens (including phenoxy) is 1. The molecule has 0 bridgehead atoms. The lowest BCUT2D eigenvalue weighted by atomic mass is 10.2. The van der Waals surface area contributed by atoms with Crippen LogP contribution in [-0.4, -0.2) is 9.91 Å². The lowest BCUT2D eigenvalue weighted by molar-refractivity contribution is -0.380. The van der Waals surface area contributed by atoms with E-state index in [1.807, 2.05) is 6.92 Å². The molecule has 1 aromatic heterocycles. The fourth-order valence-electron chi connectivity index (χ4n) is 1.16. The molecule has 2 rings (SSSR count). The first-order valence-corrected chi connectivity index (χ1v) is 5.80. The van der Waals surface area contributed by atoms with Crippen molar-refractivity contribution >= 4 is 27.9 Å². The van der Waals surface area contributed by atoms with Crippen molar-refractivity contribution in [3.8, 4) is 10.9 Å². The van der Waals surface area contributed by atoms with Gasteiger partial charge in [0, 0.05) is 5.02 Å². The second-order valence-electron chi connectivity index (χ2n) is 3.23. The van der Waals surface area contributed by atoms with Gasteiger partial charge in [-0.15, -0.1) is 0 Å². The minimum Gasteiger partial charge on any atom is -0.431 e. The van der Waals surface area contributed by atoms with Gasteiger partial charge in [-0.3, -0.25) is 10.1 Å². The number of hydrogen-bond acceptors (Lipinski definition) is 5.